The Balaban J connectivity index is 2.37. The van der Waals surface area contributed by atoms with E-state index in [1.54, 1.807) is 24.3 Å². The second-order valence-corrected chi connectivity index (χ2v) is 3.58. The van der Waals surface area contributed by atoms with Crippen molar-refractivity contribution >= 4 is 11.7 Å². The molecule has 0 heterocycles. The number of halogens is 1. The van der Waals surface area contributed by atoms with Crippen LogP contribution in [0.3, 0.4) is 0 Å². The molecule has 0 aliphatic rings. The third kappa shape index (κ3) is 5.49. The first-order chi connectivity index (χ1) is 8.76. The van der Waals surface area contributed by atoms with Crippen LogP contribution in [0.15, 0.2) is 24.3 Å². The second kappa shape index (κ2) is 8.30. The highest BCUT2D eigenvalue weighted by Gasteiger charge is 2.00. The molecule has 0 aliphatic carbocycles. The Morgan fingerprint density at radius 3 is 2.67 bits per heavy atom. The van der Waals surface area contributed by atoms with Gasteiger partial charge in [0.1, 0.15) is 5.75 Å². The number of anilines is 1. The van der Waals surface area contributed by atoms with Crippen LogP contribution in [0.25, 0.3) is 0 Å². The van der Waals surface area contributed by atoms with Crippen molar-refractivity contribution in [2.45, 2.75) is 6.42 Å². The fourth-order valence-corrected chi connectivity index (χ4v) is 1.24. The smallest absolute Gasteiger partial charge is 0.319 e. The highest BCUT2D eigenvalue weighted by Crippen LogP contribution is 2.15. The van der Waals surface area contributed by atoms with E-state index in [1.165, 1.54) is 0 Å². The van der Waals surface area contributed by atoms with E-state index in [1.807, 2.05) is 0 Å². The van der Waals surface area contributed by atoms with Gasteiger partial charge in [0.05, 0.1) is 13.3 Å². The second-order valence-electron chi connectivity index (χ2n) is 3.58. The van der Waals surface area contributed by atoms with E-state index in [-0.39, 0.29) is 12.7 Å². The summed E-state index contributed by atoms with van der Waals surface area (Å²) in [6.45, 7) is 0.784. The predicted molar refractivity (Wildman–Crippen MR) is 68.6 cm³/mol. The van der Waals surface area contributed by atoms with Gasteiger partial charge in [-0.1, -0.05) is 0 Å². The number of rotatable bonds is 7. The van der Waals surface area contributed by atoms with Gasteiger partial charge in [-0.2, -0.15) is 0 Å². The molecule has 1 aromatic carbocycles. The average Bonchev–Trinajstić information content (AvgIpc) is 2.39. The summed E-state index contributed by atoms with van der Waals surface area (Å²) >= 11 is 0. The van der Waals surface area contributed by atoms with Crippen LogP contribution in [0.2, 0.25) is 0 Å². The van der Waals surface area contributed by atoms with Crippen LogP contribution in [0.4, 0.5) is 14.9 Å². The monoisotopic (exact) mass is 255 g/mol. The van der Waals surface area contributed by atoms with Crippen LogP contribution in [-0.4, -0.2) is 32.4 Å². The number of amides is 2. The Morgan fingerprint density at radius 2 is 2.06 bits per heavy atom. The fraction of sp³-hybridized carbons (Fsp3) is 0.417. The summed E-state index contributed by atoms with van der Waals surface area (Å²) in [6.07, 6.45) is 0.376. The molecular weight excluding hydrogens is 237 g/mol. The third-order valence-electron chi connectivity index (χ3n) is 2.09. The van der Waals surface area contributed by atoms with E-state index in [4.69, 9.17) is 10.5 Å². The first-order valence-corrected chi connectivity index (χ1v) is 5.80. The van der Waals surface area contributed by atoms with Gasteiger partial charge in [-0.3, -0.25) is 4.39 Å². The highest BCUT2D eigenvalue weighted by molar-refractivity contribution is 5.89. The van der Waals surface area contributed by atoms with Crippen LogP contribution in [0.5, 0.6) is 5.75 Å². The van der Waals surface area contributed by atoms with Crippen molar-refractivity contribution in [1.29, 1.82) is 0 Å². The topological polar surface area (TPSA) is 76.4 Å². The van der Waals surface area contributed by atoms with Gasteiger partial charge in [-0.15, -0.1) is 0 Å². The molecule has 0 spiro atoms. The number of alkyl halides is 1. The normalized spacial score (nSPS) is 9.89. The summed E-state index contributed by atoms with van der Waals surface area (Å²) in [5.41, 5.74) is 5.92. The Labute approximate surface area is 106 Å². The van der Waals surface area contributed by atoms with Crippen molar-refractivity contribution in [1.82, 2.24) is 5.32 Å². The van der Waals surface area contributed by atoms with Crippen molar-refractivity contribution in [3.8, 4) is 5.75 Å². The zero-order chi connectivity index (χ0) is 13.2. The first-order valence-electron chi connectivity index (χ1n) is 5.80. The summed E-state index contributed by atoms with van der Waals surface area (Å²) < 4.78 is 17.1. The lowest BCUT2D eigenvalue weighted by Gasteiger charge is -2.08. The van der Waals surface area contributed by atoms with Gasteiger partial charge in [0.15, 0.2) is 0 Å². The number of carbonyl (C=O) groups is 1. The average molecular weight is 255 g/mol. The number of hydrogen-bond acceptors (Lipinski definition) is 3. The molecule has 0 atom stereocenters. The van der Waals surface area contributed by atoms with E-state index >= 15 is 0 Å². The van der Waals surface area contributed by atoms with Crippen molar-refractivity contribution in [3.05, 3.63) is 24.3 Å². The number of benzene rings is 1. The number of nitrogens with one attached hydrogen (secondary N) is 2. The maximum Gasteiger partial charge on any atom is 0.319 e. The van der Waals surface area contributed by atoms with Crippen molar-refractivity contribution < 1.29 is 13.9 Å². The van der Waals surface area contributed by atoms with Gasteiger partial charge >= 0.3 is 6.03 Å². The molecule has 0 fully saturated rings. The summed E-state index contributed by atoms with van der Waals surface area (Å²) in [7, 11) is 0. The van der Waals surface area contributed by atoms with Crippen LogP contribution in [0.1, 0.15) is 6.42 Å². The van der Waals surface area contributed by atoms with Gasteiger partial charge < -0.3 is 21.1 Å². The fourth-order valence-electron chi connectivity index (χ4n) is 1.24. The molecule has 0 saturated heterocycles. The molecule has 0 aromatic heterocycles. The quantitative estimate of drug-likeness (QED) is 0.646. The number of hydrogen-bond donors (Lipinski definition) is 3. The lowest BCUT2D eigenvalue weighted by molar-refractivity contribution is 0.252. The Hall–Kier alpha value is -1.82. The summed E-state index contributed by atoms with van der Waals surface area (Å²) in [6, 6.07) is 6.57. The molecule has 6 heteroatoms. The molecular formula is C12H18FN3O2. The van der Waals surface area contributed by atoms with Gasteiger partial charge in [0.25, 0.3) is 0 Å². The molecule has 0 bridgehead atoms. The molecule has 5 nitrogen and oxygen atoms in total. The first kappa shape index (κ1) is 14.2. The Kier molecular flexibility index (Phi) is 6.56. The van der Waals surface area contributed by atoms with Gasteiger partial charge in [0, 0.05) is 25.2 Å². The number of carbonyl (C=O) groups excluding carboxylic acids is 1. The van der Waals surface area contributed by atoms with E-state index < -0.39 is 0 Å². The van der Waals surface area contributed by atoms with Crippen molar-refractivity contribution in [3.63, 3.8) is 0 Å². The lowest BCUT2D eigenvalue weighted by Crippen LogP contribution is -2.32. The molecule has 0 unspecified atom stereocenters. The maximum absolute atomic E-state index is 11.9. The zero-order valence-corrected chi connectivity index (χ0v) is 10.1. The van der Waals surface area contributed by atoms with Gasteiger partial charge in [0.2, 0.25) is 0 Å². The zero-order valence-electron chi connectivity index (χ0n) is 10.1. The molecule has 2 amide bonds. The summed E-state index contributed by atoms with van der Waals surface area (Å²) in [5.74, 6) is 0.649. The highest BCUT2D eigenvalue weighted by atomic mass is 19.1. The van der Waals surface area contributed by atoms with E-state index in [2.05, 4.69) is 10.6 Å². The van der Waals surface area contributed by atoms with Crippen LogP contribution >= 0.6 is 0 Å². The van der Waals surface area contributed by atoms with Crippen LogP contribution in [-0.2, 0) is 0 Å². The maximum atomic E-state index is 11.9. The molecule has 1 rings (SSSR count). The van der Waals surface area contributed by atoms with E-state index in [0.717, 1.165) is 0 Å². The lowest BCUT2D eigenvalue weighted by atomic mass is 10.3. The molecule has 0 radical (unpaired) electrons. The number of urea groups is 1. The molecule has 0 aliphatic heterocycles. The molecule has 100 valence electrons. The van der Waals surface area contributed by atoms with Crippen molar-refractivity contribution in [2.24, 2.45) is 5.73 Å². The standard InChI is InChI=1S/C12H18FN3O2/c13-6-1-9-18-11-4-2-10(3-5-11)16-12(17)15-8-7-14/h2-5H,1,6-9,14H2,(H2,15,16,17). The van der Waals surface area contributed by atoms with Crippen LogP contribution < -0.4 is 21.1 Å². The summed E-state index contributed by atoms with van der Waals surface area (Å²) in [5, 5.41) is 5.24. The molecule has 4 N–H and O–H groups in total. The Morgan fingerprint density at radius 1 is 1.33 bits per heavy atom. The minimum Gasteiger partial charge on any atom is -0.493 e. The van der Waals surface area contributed by atoms with Crippen molar-refractivity contribution in [2.75, 3.05) is 31.7 Å². The third-order valence-corrected chi connectivity index (χ3v) is 2.09. The van der Waals surface area contributed by atoms with Gasteiger partial charge in [-0.25, -0.2) is 4.79 Å². The number of ether oxygens (including phenoxy) is 1. The van der Waals surface area contributed by atoms with Gasteiger partial charge in [-0.05, 0) is 24.3 Å². The SMILES string of the molecule is NCCNC(=O)Nc1ccc(OCCCF)cc1. The molecule has 0 saturated carbocycles. The van der Waals surface area contributed by atoms with E-state index in [9.17, 15) is 9.18 Å². The number of nitrogens with two attached hydrogens (primary N) is 1. The largest absolute Gasteiger partial charge is 0.493 e. The minimum absolute atomic E-state index is 0.299. The minimum atomic E-state index is -0.388. The molecule has 18 heavy (non-hydrogen) atoms. The van der Waals surface area contributed by atoms with Crippen LogP contribution in [0, 0.1) is 0 Å². The summed E-state index contributed by atoms with van der Waals surface area (Å²) in [4.78, 5) is 11.3. The van der Waals surface area contributed by atoms with E-state index in [0.29, 0.717) is 37.6 Å². The predicted octanol–water partition coefficient (Wildman–Crippen LogP) is 1.51. The molecule has 1 aromatic rings. The Bertz CT molecular complexity index is 357.